The van der Waals surface area contributed by atoms with Crippen molar-refractivity contribution in [3.05, 3.63) is 102 Å². The third kappa shape index (κ3) is 6.12. The summed E-state index contributed by atoms with van der Waals surface area (Å²) >= 11 is 1.60. The van der Waals surface area contributed by atoms with E-state index in [1.54, 1.807) is 11.8 Å². The topological polar surface area (TPSA) is 73.0 Å². The van der Waals surface area contributed by atoms with Crippen LogP contribution in [0.25, 0.3) is 0 Å². The number of nitrogens with one attached hydrogen (secondary N) is 1. The highest BCUT2D eigenvalue weighted by Crippen LogP contribution is 2.44. The molecule has 2 fully saturated rings. The fraction of sp³-hybridized carbons (Fsp3) is 0.364. The van der Waals surface area contributed by atoms with Crippen molar-refractivity contribution >= 4 is 35.3 Å². The van der Waals surface area contributed by atoms with Crippen molar-refractivity contribution in [2.75, 3.05) is 31.5 Å². The first-order valence-corrected chi connectivity index (χ1v) is 15.5. The Morgan fingerprint density at radius 3 is 2.32 bits per heavy atom. The molecule has 0 radical (unpaired) electrons. The molecule has 3 aliphatic heterocycles. The number of nitrogens with zero attached hydrogens (tertiary/aromatic N) is 3. The van der Waals surface area contributed by atoms with Gasteiger partial charge in [0.15, 0.2) is 0 Å². The number of amides is 4. The van der Waals surface area contributed by atoms with Crippen LogP contribution in [-0.2, 0) is 22.4 Å². The number of para-hydroxylation sites is 1. The molecule has 2 saturated heterocycles. The van der Waals surface area contributed by atoms with Crippen molar-refractivity contribution in [3.8, 4) is 0 Å². The van der Waals surface area contributed by atoms with Crippen LogP contribution in [-0.4, -0.2) is 70.0 Å². The largest absolute Gasteiger partial charge is 0.342 e. The van der Waals surface area contributed by atoms with Gasteiger partial charge in [0.05, 0.1) is 5.25 Å². The van der Waals surface area contributed by atoms with Gasteiger partial charge in [0, 0.05) is 45.8 Å². The number of likely N-dealkylation sites (tertiary alicyclic amines) is 1. The van der Waals surface area contributed by atoms with Crippen LogP contribution in [0, 0.1) is 0 Å². The highest BCUT2D eigenvalue weighted by atomic mass is 32.2. The molecule has 41 heavy (non-hydrogen) atoms. The first-order valence-electron chi connectivity index (χ1n) is 14.5. The van der Waals surface area contributed by atoms with E-state index in [0.29, 0.717) is 26.2 Å². The summed E-state index contributed by atoms with van der Waals surface area (Å²) in [5, 5.41) is 2.57. The second kappa shape index (κ2) is 12.4. The number of benzene rings is 3. The molecule has 2 unspecified atom stereocenters. The van der Waals surface area contributed by atoms with Crippen molar-refractivity contribution in [3.63, 3.8) is 0 Å². The predicted molar refractivity (Wildman–Crippen MR) is 165 cm³/mol. The normalized spacial score (nSPS) is 21.4. The van der Waals surface area contributed by atoms with Crippen LogP contribution in [0.4, 0.5) is 10.5 Å². The van der Waals surface area contributed by atoms with E-state index in [0.717, 1.165) is 42.5 Å². The van der Waals surface area contributed by atoms with E-state index in [4.69, 9.17) is 0 Å². The molecule has 3 heterocycles. The Bertz CT molecular complexity index is 1380. The van der Waals surface area contributed by atoms with E-state index in [1.165, 1.54) is 5.56 Å². The molecule has 0 bridgehead atoms. The number of rotatable bonds is 7. The van der Waals surface area contributed by atoms with Gasteiger partial charge in [0.1, 0.15) is 5.37 Å². The number of anilines is 1. The van der Waals surface area contributed by atoms with Gasteiger partial charge in [-0.05, 0) is 48.4 Å². The summed E-state index contributed by atoms with van der Waals surface area (Å²) in [6.07, 6.45) is 3.30. The summed E-state index contributed by atoms with van der Waals surface area (Å²) in [6, 6.07) is 28.3. The van der Waals surface area contributed by atoms with Crippen LogP contribution in [0.3, 0.4) is 0 Å². The van der Waals surface area contributed by atoms with Gasteiger partial charge >= 0.3 is 6.03 Å². The molecule has 214 valence electrons. The van der Waals surface area contributed by atoms with E-state index in [1.807, 2.05) is 69.3 Å². The van der Waals surface area contributed by atoms with Crippen molar-refractivity contribution in [1.82, 2.24) is 14.7 Å². The van der Waals surface area contributed by atoms with E-state index in [2.05, 4.69) is 35.6 Å². The maximum absolute atomic E-state index is 13.6. The van der Waals surface area contributed by atoms with Crippen molar-refractivity contribution in [2.24, 2.45) is 0 Å². The summed E-state index contributed by atoms with van der Waals surface area (Å²) in [5.74, 6) is 0.0718. The second-order valence-electron chi connectivity index (χ2n) is 11.0. The molecule has 1 N–H and O–H groups in total. The minimum absolute atomic E-state index is 0. The lowest BCUT2D eigenvalue weighted by molar-refractivity contribution is -0.136. The second-order valence-corrected chi connectivity index (χ2v) is 12.3. The zero-order valence-electron chi connectivity index (χ0n) is 23.2. The van der Waals surface area contributed by atoms with Crippen LogP contribution in [0.5, 0.6) is 0 Å². The summed E-state index contributed by atoms with van der Waals surface area (Å²) in [7, 11) is 0. The Morgan fingerprint density at radius 1 is 0.878 bits per heavy atom. The monoisotopic (exact) mass is 570 g/mol. The maximum atomic E-state index is 13.6. The molecule has 4 amide bonds. The number of urea groups is 1. The molecule has 7 nitrogen and oxygen atoms in total. The average molecular weight is 571 g/mol. The minimum atomic E-state index is -0.393. The lowest BCUT2D eigenvalue weighted by Gasteiger charge is -2.38. The standard InChI is InChI=1S/C33H36N4O3S.H2/c38-30(35-19-17-27(18-20-35)36-22-16-25-11-7-8-14-28(25)34-33(36)40)23-29-31(39)37(21-15-24-9-3-1-4-10-24)32(41-29)26-12-5-2-6-13-26;/h1-14,27,29,32H,15-23H2,(H,34,40);1H. The zero-order valence-corrected chi connectivity index (χ0v) is 24.0. The SMILES string of the molecule is O=C(CC1SC(c2ccccc2)N(CCc2ccccc2)C1=O)N1CCC(N2CCc3ccccc3NC2=O)CC1.[HH]. The number of hydrogen-bond acceptors (Lipinski definition) is 4. The van der Waals surface area contributed by atoms with Crippen LogP contribution in [0.2, 0.25) is 0 Å². The number of carbonyl (C=O) groups is 3. The van der Waals surface area contributed by atoms with E-state index < -0.39 is 5.25 Å². The Labute approximate surface area is 247 Å². The first kappa shape index (κ1) is 27.4. The Morgan fingerprint density at radius 2 is 1.56 bits per heavy atom. The highest BCUT2D eigenvalue weighted by molar-refractivity contribution is 8.01. The zero-order chi connectivity index (χ0) is 28.2. The third-order valence-electron chi connectivity index (χ3n) is 8.46. The van der Waals surface area contributed by atoms with Crippen LogP contribution >= 0.6 is 11.8 Å². The fourth-order valence-corrected chi connectivity index (χ4v) is 7.65. The lowest BCUT2D eigenvalue weighted by Crippen LogP contribution is -2.50. The van der Waals surface area contributed by atoms with Gasteiger partial charge in [-0.1, -0.05) is 78.9 Å². The molecule has 0 spiro atoms. The van der Waals surface area contributed by atoms with Crippen LogP contribution in [0.1, 0.15) is 42.8 Å². The molecular formula is C33H38N4O3S. The molecular weight excluding hydrogens is 532 g/mol. The number of piperidine rings is 1. The van der Waals surface area contributed by atoms with E-state index in [9.17, 15) is 14.4 Å². The van der Waals surface area contributed by atoms with Gasteiger partial charge < -0.3 is 20.0 Å². The van der Waals surface area contributed by atoms with Crippen molar-refractivity contribution in [2.45, 2.75) is 48.8 Å². The Hall–Kier alpha value is -3.78. The van der Waals surface area contributed by atoms with Gasteiger partial charge in [-0.3, -0.25) is 9.59 Å². The lowest BCUT2D eigenvalue weighted by atomic mass is 10.0. The van der Waals surface area contributed by atoms with Crippen LogP contribution in [0.15, 0.2) is 84.9 Å². The molecule has 8 heteroatoms. The van der Waals surface area contributed by atoms with Gasteiger partial charge in [0.25, 0.3) is 0 Å². The van der Waals surface area contributed by atoms with Crippen molar-refractivity contribution < 1.29 is 15.8 Å². The van der Waals surface area contributed by atoms with Gasteiger partial charge in [-0.15, -0.1) is 11.8 Å². The molecule has 2 atom stereocenters. The number of fused-ring (bicyclic) bond motifs is 1. The highest BCUT2D eigenvalue weighted by Gasteiger charge is 2.42. The van der Waals surface area contributed by atoms with Crippen molar-refractivity contribution in [1.29, 1.82) is 0 Å². The van der Waals surface area contributed by atoms with E-state index >= 15 is 0 Å². The summed E-state index contributed by atoms with van der Waals surface area (Å²) in [6.45, 7) is 2.50. The molecule has 3 aliphatic rings. The molecule has 0 aromatic heterocycles. The molecule has 3 aromatic carbocycles. The number of hydrogen-bond donors (Lipinski definition) is 1. The summed E-state index contributed by atoms with van der Waals surface area (Å²) < 4.78 is 0. The predicted octanol–water partition coefficient (Wildman–Crippen LogP) is 5.59. The first-order chi connectivity index (χ1) is 20.1. The Kier molecular flexibility index (Phi) is 8.28. The van der Waals surface area contributed by atoms with Gasteiger partial charge in [-0.2, -0.15) is 0 Å². The average Bonchev–Trinajstić information content (AvgIpc) is 3.21. The summed E-state index contributed by atoms with van der Waals surface area (Å²) in [4.78, 5) is 45.8. The number of carbonyl (C=O) groups excluding carboxylic acids is 3. The molecule has 6 rings (SSSR count). The third-order valence-corrected chi connectivity index (χ3v) is 9.94. The molecule has 0 saturated carbocycles. The molecule has 3 aromatic rings. The van der Waals surface area contributed by atoms with Gasteiger partial charge in [-0.25, -0.2) is 4.79 Å². The van der Waals surface area contributed by atoms with Crippen LogP contribution < -0.4 is 5.32 Å². The fourth-order valence-electron chi connectivity index (χ4n) is 6.17. The molecule has 0 aliphatic carbocycles. The maximum Gasteiger partial charge on any atom is 0.322 e. The number of thioether (sulfide) groups is 1. The quantitative estimate of drug-likeness (QED) is 0.402. The minimum Gasteiger partial charge on any atom is -0.342 e. The summed E-state index contributed by atoms with van der Waals surface area (Å²) in [5.41, 5.74) is 4.33. The van der Waals surface area contributed by atoms with E-state index in [-0.39, 0.29) is 37.1 Å². The van der Waals surface area contributed by atoms with Gasteiger partial charge in [0.2, 0.25) is 11.8 Å². The Balaban J connectivity index is 0.00000353. The smallest absolute Gasteiger partial charge is 0.322 e.